The summed E-state index contributed by atoms with van der Waals surface area (Å²) in [6.07, 6.45) is 0.404. The molecule has 1 N–H and O–H groups in total. The molecule has 42 heavy (non-hydrogen) atoms. The van der Waals surface area contributed by atoms with E-state index >= 15 is 4.39 Å². The van der Waals surface area contributed by atoms with Crippen LogP contribution in [0.5, 0.6) is 0 Å². The van der Waals surface area contributed by atoms with Gasteiger partial charge in [-0.05, 0) is 36.8 Å². The number of carbonyl (C=O) groups is 1. The zero-order valence-electron chi connectivity index (χ0n) is 24.2. The van der Waals surface area contributed by atoms with Crippen molar-refractivity contribution in [1.82, 2.24) is 24.4 Å². The number of anilines is 3. The number of fused-ring (bicyclic) bond motifs is 1. The summed E-state index contributed by atoms with van der Waals surface area (Å²) in [4.78, 5) is 24.9. The van der Waals surface area contributed by atoms with Gasteiger partial charge < -0.3 is 19.8 Å². The summed E-state index contributed by atoms with van der Waals surface area (Å²) in [5.41, 5.74) is 3.72. The Balaban J connectivity index is 1.25. The molecule has 1 amide bonds. The Morgan fingerprint density at radius 3 is 2.60 bits per heavy atom. The minimum atomic E-state index is -1.55. The largest absolute Gasteiger partial charge is 0.389 e. The summed E-state index contributed by atoms with van der Waals surface area (Å²) in [7, 11) is 1.84. The van der Waals surface area contributed by atoms with E-state index in [1.807, 2.05) is 28.7 Å². The van der Waals surface area contributed by atoms with Gasteiger partial charge in [0.25, 0.3) is 0 Å². The number of nitriles is 1. The average molecular weight is 594 g/mol. The van der Waals surface area contributed by atoms with Crippen LogP contribution in [0.1, 0.15) is 18.9 Å². The maximum atomic E-state index is 15.4. The zero-order valence-corrected chi connectivity index (χ0v) is 24.0. The molecule has 6 rings (SSSR count). The predicted octanol–water partition coefficient (Wildman–Crippen LogP) is 3.26. The van der Waals surface area contributed by atoms with Gasteiger partial charge >= 0.3 is 0 Å². The number of carbonyl (C=O) groups excluding carboxylic acids is 1. The van der Waals surface area contributed by atoms with Gasteiger partial charge in [-0.1, -0.05) is 18.3 Å². The van der Waals surface area contributed by atoms with Gasteiger partial charge in [-0.3, -0.25) is 9.69 Å². The van der Waals surface area contributed by atoms with Gasteiger partial charge in [0, 0.05) is 51.9 Å². The number of aromatic nitrogens is 3. The Morgan fingerprint density at radius 1 is 1.24 bits per heavy atom. The number of thiazole rings is 1. The third-order valence-corrected chi connectivity index (χ3v) is 8.75. The average Bonchev–Trinajstić information content (AvgIpc) is 3.57. The quantitative estimate of drug-likeness (QED) is 0.348. The van der Waals surface area contributed by atoms with E-state index in [1.54, 1.807) is 18.2 Å². The molecule has 2 aliphatic rings. The molecule has 13 heteroatoms. The highest BCUT2D eigenvalue weighted by Crippen LogP contribution is 2.39. The fourth-order valence-electron chi connectivity index (χ4n) is 5.37. The lowest BCUT2D eigenvalue weighted by Gasteiger charge is -2.39. The van der Waals surface area contributed by atoms with Gasteiger partial charge in [-0.15, -0.1) is 0 Å². The van der Waals surface area contributed by atoms with Crippen molar-refractivity contribution in [2.75, 3.05) is 62.7 Å². The Kier molecular flexibility index (Phi) is 7.19. The molecular formula is C29H30F2N8O2S. The van der Waals surface area contributed by atoms with E-state index in [9.17, 15) is 19.6 Å². The topological polar surface area (TPSA) is 104 Å². The fraction of sp³-hybridized carbons (Fsp3) is 0.379. The monoisotopic (exact) mass is 593 g/mol. The molecule has 2 fully saturated rings. The van der Waals surface area contributed by atoms with E-state index in [0.29, 0.717) is 65.1 Å². The van der Waals surface area contributed by atoms with Gasteiger partial charge in [0.1, 0.15) is 22.5 Å². The molecule has 5 heterocycles. The number of likely N-dealkylation sites (tertiary alicyclic amines) is 1. The van der Waals surface area contributed by atoms with Crippen LogP contribution in [0.15, 0.2) is 36.5 Å². The summed E-state index contributed by atoms with van der Waals surface area (Å²) in [6.45, 7) is 4.35. The molecule has 0 aliphatic carbocycles. The van der Waals surface area contributed by atoms with Crippen molar-refractivity contribution in [3.63, 3.8) is 0 Å². The molecule has 0 radical (unpaired) electrons. The van der Waals surface area contributed by atoms with Crippen LogP contribution in [-0.4, -0.2) is 94.4 Å². The highest BCUT2D eigenvalue weighted by atomic mass is 32.1. The van der Waals surface area contributed by atoms with Crippen LogP contribution in [0, 0.1) is 23.0 Å². The number of piperazine rings is 1. The Morgan fingerprint density at radius 2 is 1.95 bits per heavy atom. The van der Waals surface area contributed by atoms with Crippen molar-refractivity contribution in [2.45, 2.75) is 19.4 Å². The SMILES string of the molecule is [2H]C1(O)CN(C(=O)CN2CCN(c3cc4c(N(C)c5nc(-c6ccc(F)cc6)c(C#N)s5)c(CC)nn4cc3F)CC2)C1. The third kappa shape index (κ3) is 5.17. The molecule has 218 valence electrons. The van der Waals surface area contributed by atoms with Gasteiger partial charge in [-0.25, -0.2) is 18.3 Å². The molecule has 1 aromatic carbocycles. The van der Waals surface area contributed by atoms with Gasteiger partial charge in [0.2, 0.25) is 5.91 Å². The minimum Gasteiger partial charge on any atom is -0.389 e. The second kappa shape index (κ2) is 11.3. The Hall–Kier alpha value is -4.12. The van der Waals surface area contributed by atoms with E-state index < -0.39 is 11.9 Å². The first-order chi connectivity index (χ1) is 20.6. The van der Waals surface area contributed by atoms with Crippen LogP contribution in [0.3, 0.4) is 0 Å². The third-order valence-electron chi connectivity index (χ3n) is 7.71. The van der Waals surface area contributed by atoms with Crippen molar-refractivity contribution >= 4 is 39.3 Å². The summed E-state index contributed by atoms with van der Waals surface area (Å²) < 4.78 is 38.0. The number of aryl methyl sites for hydroxylation is 1. The lowest BCUT2D eigenvalue weighted by atomic mass is 10.1. The maximum Gasteiger partial charge on any atom is 0.236 e. The second-order valence-corrected chi connectivity index (χ2v) is 11.4. The molecule has 0 bridgehead atoms. The van der Waals surface area contributed by atoms with Crippen molar-refractivity contribution < 1.29 is 20.1 Å². The van der Waals surface area contributed by atoms with Crippen molar-refractivity contribution in [3.8, 4) is 17.3 Å². The number of hydrogen-bond donors (Lipinski definition) is 1. The number of nitrogens with zero attached hydrogens (tertiary/aromatic N) is 8. The number of aliphatic hydroxyl groups is 1. The minimum absolute atomic E-state index is 0.0191. The van der Waals surface area contributed by atoms with Crippen LogP contribution in [0.2, 0.25) is 0 Å². The van der Waals surface area contributed by atoms with E-state index in [1.165, 1.54) is 39.1 Å². The first-order valence-electron chi connectivity index (χ1n) is 14.2. The van der Waals surface area contributed by atoms with Crippen LogP contribution >= 0.6 is 11.3 Å². The van der Waals surface area contributed by atoms with Crippen LogP contribution in [0.4, 0.5) is 25.3 Å². The molecule has 3 aromatic heterocycles. The summed E-state index contributed by atoms with van der Waals surface area (Å²) >= 11 is 1.22. The van der Waals surface area contributed by atoms with Crippen molar-refractivity contribution in [3.05, 3.63) is 58.7 Å². The Bertz CT molecular complexity index is 1720. The number of hydrogen-bond acceptors (Lipinski definition) is 9. The maximum absolute atomic E-state index is 15.4. The van der Waals surface area contributed by atoms with Crippen LogP contribution in [-0.2, 0) is 11.2 Å². The fourth-order valence-corrected chi connectivity index (χ4v) is 6.23. The lowest BCUT2D eigenvalue weighted by molar-refractivity contribution is -0.142. The first kappa shape index (κ1) is 26.8. The van der Waals surface area contributed by atoms with Gasteiger partial charge in [0.05, 0.1) is 42.8 Å². The number of benzene rings is 1. The van der Waals surface area contributed by atoms with E-state index in [4.69, 9.17) is 6.35 Å². The summed E-state index contributed by atoms with van der Waals surface area (Å²) in [6, 6.07) is 9.83. The van der Waals surface area contributed by atoms with Crippen LogP contribution < -0.4 is 9.80 Å². The van der Waals surface area contributed by atoms with Gasteiger partial charge in [0.15, 0.2) is 10.9 Å². The predicted molar refractivity (Wildman–Crippen MR) is 156 cm³/mol. The number of halogens is 2. The molecular weight excluding hydrogens is 562 g/mol. The van der Waals surface area contributed by atoms with E-state index in [2.05, 4.69) is 11.2 Å². The van der Waals surface area contributed by atoms with Gasteiger partial charge in [-0.2, -0.15) is 10.4 Å². The second-order valence-electron chi connectivity index (χ2n) is 10.4. The number of amides is 1. The van der Waals surface area contributed by atoms with E-state index in [0.717, 1.165) is 11.4 Å². The molecule has 4 aromatic rings. The molecule has 0 saturated carbocycles. The number of pyridine rings is 1. The lowest BCUT2D eigenvalue weighted by Crippen LogP contribution is -2.57. The Labute approximate surface area is 247 Å². The molecule has 0 spiro atoms. The highest BCUT2D eigenvalue weighted by Gasteiger charge is 2.31. The molecule has 2 aliphatic heterocycles. The van der Waals surface area contributed by atoms with E-state index in [-0.39, 0.29) is 31.4 Å². The first-order valence-corrected chi connectivity index (χ1v) is 14.5. The number of β-amino-alcohol motifs (C(OH)–C–C–N with tert-alkyl or cyclic N) is 1. The molecule has 2 saturated heterocycles. The summed E-state index contributed by atoms with van der Waals surface area (Å²) in [5, 5.41) is 24.6. The van der Waals surface area contributed by atoms with Crippen molar-refractivity contribution in [1.29, 1.82) is 5.26 Å². The summed E-state index contributed by atoms with van der Waals surface area (Å²) in [5.74, 6) is -0.908. The number of rotatable bonds is 7. The highest BCUT2D eigenvalue weighted by molar-refractivity contribution is 7.16. The normalized spacial score (nSPS) is 17.2. The molecule has 10 nitrogen and oxygen atoms in total. The molecule has 0 atom stereocenters. The zero-order chi connectivity index (χ0) is 30.5. The smallest absolute Gasteiger partial charge is 0.236 e. The standard InChI is InChI=1S/C29H30F2N8O2S/c1-3-22-28(35(2)29-33-27(25(13-32)42-29)18-4-6-19(30)7-5-18)24-12-23(21(31)16-39(24)34-22)37-10-8-36(9-11-37)17-26(41)38-14-20(40)15-38/h4-7,12,16,20,40H,3,8-11,14-15,17H2,1-2H3/i20D. The van der Waals surface area contributed by atoms with Crippen molar-refractivity contribution in [2.24, 2.45) is 0 Å². The molecule has 0 unspecified atom stereocenters. The van der Waals surface area contributed by atoms with Crippen LogP contribution in [0.25, 0.3) is 16.8 Å².